The molecule has 2 heterocycles. The molecule has 172 valence electrons. The Morgan fingerprint density at radius 2 is 1.85 bits per heavy atom. The van der Waals surface area contributed by atoms with Gasteiger partial charge < -0.3 is 14.6 Å². The molecule has 2 aromatic carbocycles. The average molecular weight is 446 g/mol. The number of aryl methyl sites for hydroxylation is 1. The van der Waals surface area contributed by atoms with Crippen LogP contribution < -0.4 is 10.1 Å². The van der Waals surface area contributed by atoms with Crippen LogP contribution in [0.4, 0.5) is 0 Å². The molecule has 0 saturated heterocycles. The van der Waals surface area contributed by atoms with Crippen LogP contribution in [0.15, 0.2) is 52.0 Å². The molecule has 1 amide bonds. The molecule has 0 bridgehead atoms. The first-order chi connectivity index (χ1) is 15.7. The van der Waals surface area contributed by atoms with Crippen molar-refractivity contribution in [2.45, 2.75) is 52.5 Å². The van der Waals surface area contributed by atoms with Crippen LogP contribution in [0.3, 0.4) is 0 Å². The molecule has 4 rings (SSSR count). The van der Waals surface area contributed by atoms with E-state index in [4.69, 9.17) is 14.3 Å². The summed E-state index contributed by atoms with van der Waals surface area (Å²) in [6.45, 7) is 11.0. The highest BCUT2D eigenvalue weighted by atomic mass is 16.5. The monoisotopic (exact) mass is 445 g/mol. The number of carbonyl (C=O) groups is 1. The van der Waals surface area contributed by atoms with Gasteiger partial charge in [-0.1, -0.05) is 50.2 Å². The highest BCUT2D eigenvalue weighted by Crippen LogP contribution is 2.42. The fourth-order valence-electron chi connectivity index (χ4n) is 4.23. The summed E-state index contributed by atoms with van der Waals surface area (Å²) in [4.78, 5) is 17.6. The van der Waals surface area contributed by atoms with Gasteiger partial charge in [-0.2, -0.15) is 0 Å². The fraction of sp³-hybridized carbons (Fsp3) is 0.370. The zero-order chi connectivity index (χ0) is 23.8. The Morgan fingerprint density at radius 3 is 2.48 bits per heavy atom. The molecule has 6 nitrogen and oxygen atoms in total. The van der Waals surface area contributed by atoms with Crippen LogP contribution in [0.25, 0.3) is 11.1 Å². The van der Waals surface area contributed by atoms with Crippen molar-refractivity contribution in [2.75, 3.05) is 13.7 Å². The van der Waals surface area contributed by atoms with Crippen molar-refractivity contribution in [2.24, 2.45) is 4.99 Å². The lowest BCUT2D eigenvalue weighted by Gasteiger charge is -2.20. The van der Waals surface area contributed by atoms with Gasteiger partial charge in [-0.15, -0.1) is 0 Å². The van der Waals surface area contributed by atoms with Gasteiger partial charge in [-0.3, -0.25) is 9.79 Å². The lowest BCUT2D eigenvalue weighted by Crippen LogP contribution is -2.24. The third-order valence-corrected chi connectivity index (χ3v) is 6.00. The molecular weight excluding hydrogens is 414 g/mol. The Morgan fingerprint density at radius 1 is 1.12 bits per heavy atom. The van der Waals surface area contributed by atoms with Crippen molar-refractivity contribution in [1.29, 1.82) is 0 Å². The number of aromatic nitrogens is 1. The number of benzene rings is 2. The molecule has 1 aliphatic rings. The SMILES string of the molecule is CCNC(=O)C[C@@H]1N=C(c2ccc(C(C)(C)C)cc2)c2cc(OC)ccc2-c2c(C)noc21. The summed E-state index contributed by atoms with van der Waals surface area (Å²) in [7, 11) is 1.65. The number of amides is 1. The van der Waals surface area contributed by atoms with Gasteiger partial charge in [0.25, 0.3) is 0 Å². The van der Waals surface area contributed by atoms with Gasteiger partial charge in [-0.25, -0.2) is 0 Å². The van der Waals surface area contributed by atoms with E-state index in [9.17, 15) is 4.79 Å². The Kier molecular flexibility index (Phi) is 6.11. The van der Waals surface area contributed by atoms with Gasteiger partial charge in [0.15, 0.2) is 5.76 Å². The maximum absolute atomic E-state index is 12.5. The molecule has 0 saturated carbocycles. The lowest BCUT2D eigenvalue weighted by molar-refractivity contribution is -0.121. The minimum Gasteiger partial charge on any atom is -0.497 e. The maximum Gasteiger partial charge on any atom is 0.222 e. The molecule has 0 radical (unpaired) electrons. The van der Waals surface area contributed by atoms with E-state index >= 15 is 0 Å². The first kappa shape index (κ1) is 22.8. The second-order valence-electron chi connectivity index (χ2n) is 9.40. The number of hydrogen-bond acceptors (Lipinski definition) is 5. The first-order valence-corrected chi connectivity index (χ1v) is 11.3. The van der Waals surface area contributed by atoms with Gasteiger partial charge in [0, 0.05) is 17.7 Å². The van der Waals surface area contributed by atoms with E-state index in [1.807, 2.05) is 32.0 Å². The number of carbonyl (C=O) groups excluding carboxylic acids is 1. The molecule has 0 spiro atoms. The summed E-state index contributed by atoms with van der Waals surface area (Å²) < 4.78 is 11.3. The minimum atomic E-state index is -0.483. The number of nitrogens with zero attached hydrogens (tertiary/aromatic N) is 2. The number of hydrogen-bond donors (Lipinski definition) is 1. The molecule has 1 aromatic heterocycles. The molecular formula is C27H31N3O3. The first-order valence-electron chi connectivity index (χ1n) is 11.3. The number of rotatable bonds is 5. The topological polar surface area (TPSA) is 76.7 Å². The Bertz CT molecular complexity index is 1200. The molecule has 1 N–H and O–H groups in total. The van der Waals surface area contributed by atoms with E-state index in [0.717, 1.165) is 39.4 Å². The molecule has 1 aliphatic heterocycles. The molecule has 0 aliphatic carbocycles. The van der Waals surface area contributed by atoms with Gasteiger partial charge in [-0.05, 0) is 48.6 Å². The number of ether oxygens (including phenoxy) is 1. The molecule has 3 aromatic rings. The van der Waals surface area contributed by atoms with Crippen LogP contribution in [0, 0.1) is 6.92 Å². The van der Waals surface area contributed by atoms with Crippen LogP contribution in [-0.2, 0) is 10.2 Å². The summed E-state index contributed by atoms with van der Waals surface area (Å²) in [5, 5.41) is 7.09. The van der Waals surface area contributed by atoms with Crippen LogP contribution in [-0.4, -0.2) is 30.4 Å². The van der Waals surface area contributed by atoms with Crippen LogP contribution in [0.2, 0.25) is 0 Å². The quantitative estimate of drug-likeness (QED) is 0.572. The second-order valence-corrected chi connectivity index (χ2v) is 9.40. The smallest absolute Gasteiger partial charge is 0.222 e. The Balaban J connectivity index is 1.93. The Labute approximate surface area is 195 Å². The van der Waals surface area contributed by atoms with Gasteiger partial charge in [0.1, 0.15) is 11.8 Å². The van der Waals surface area contributed by atoms with E-state index in [-0.39, 0.29) is 17.7 Å². The molecule has 0 fully saturated rings. The van der Waals surface area contributed by atoms with Crippen molar-refractivity contribution >= 4 is 11.6 Å². The van der Waals surface area contributed by atoms with E-state index in [1.54, 1.807) is 7.11 Å². The molecule has 33 heavy (non-hydrogen) atoms. The number of methoxy groups -OCH3 is 1. The number of aliphatic imine (C=N–C) groups is 1. The van der Waals surface area contributed by atoms with Crippen molar-refractivity contribution in [3.8, 4) is 16.9 Å². The summed E-state index contributed by atoms with van der Waals surface area (Å²) in [6.07, 6.45) is 0.185. The Hall–Kier alpha value is -3.41. The minimum absolute atomic E-state index is 0.0514. The van der Waals surface area contributed by atoms with Crippen LogP contribution >= 0.6 is 0 Å². The van der Waals surface area contributed by atoms with Crippen LogP contribution in [0.5, 0.6) is 5.75 Å². The highest BCUT2D eigenvalue weighted by Gasteiger charge is 2.32. The van der Waals surface area contributed by atoms with E-state index < -0.39 is 6.04 Å². The third-order valence-electron chi connectivity index (χ3n) is 6.00. The summed E-state index contributed by atoms with van der Waals surface area (Å²) >= 11 is 0. The summed E-state index contributed by atoms with van der Waals surface area (Å²) in [5.74, 6) is 1.29. The predicted molar refractivity (Wildman–Crippen MR) is 130 cm³/mol. The van der Waals surface area contributed by atoms with Gasteiger partial charge in [0.05, 0.1) is 30.5 Å². The summed E-state index contributed by atoms with van der Waals surface area (Å²) in [6, 6.07) is 14.0. The fourth-order valence-corrected chi connectivity index (χ4v) is 4.23. The van der Waals surface area contributed by atoms with E-state index in [1.165, 1.54) is 5.56 Å². The zero-order valence-corrected chi connectivity index (χ0v) is 20.2. The third kappa shape index (κ3) is 4.42. The standard InChI is InChI=1S/C27H31N3O3/c1-7-28-23(31)15-22-26-24(16(2)30-33-26)20-13-12-19(32-6)14-21(20)25(29-22)17-8-10-18(11-9-17)27(3,4)5/h8-14,22H,7,15H2,1-6H3,(H,28,31)/t22-/m0/s1. The second kappa shape index (κ2) is 8.85. The highest BCUT2D eigenvalue weighted by molar-refractivity contribution is 6.17. The van der Waals surface area contributed by atoms with Crippen molar-refractivity contribution < 1.29 is 14.1 Å². The summed E-state index contributed by atoms with van der Waals surface area (Å²) in [5.41, 5.74) is 6.67. The largest absolute Gasteiger partial charge is 0.497 e. The van der Waals surface area contributed by atoms with Crippen molar-refractivity contribution in [3.63, 3.8) is 0 Å². The lowest BCUT2D eigenvalue weighted by atomic mass is 9.85. The van der Waals surface area contributed by atoms with Crippen molar-refractivity contribution in [3.05, 3.63) is 70.6 Å². The number of nitrogens with one attached hydrogen (secondary N) is 1. The molecule has 1 atom stereocenters. The van der Waals surface area contributed by atoms with Gasteiger partial charge >= 0.3 is 0 Å². The molecule has 6 heteroatoms. The van der Waals surface area contributed by atoms with Crippen molar-refractivity contribution in [1.82, 2.24) is 10.5 Å². The maximum atomic E-state index is 12.5. The zero-order valence-electron chi connectivity index (χ0n) is 20.2. The van der Waals surface area contributed by atoms with E-state index in [0.29, 0.717) is 12.3 Å². The van der Waals surface area contributed by atoms with E-state index in [2.05, 4.69) is 55.5 Å². The normalized spacial score (nSPS) is 15.2. The number of fused-ring (bicyclic) bond motifs is 3. The molecule has 0 unspecified atom stereocenters. The average Bonchev–Trinajstić information content (AvgIpc) is 3.10. The van der Waals surface area contributed by atoms with Crippen LogP contribution in [0.1, 0.15) is 68.3 Å². The predicted octanol–water partition coefficient (Wildman–Crippen LogP) is 5.37. The van der Waals surface area contributed by atoms with Gasteiger partial charge in [0.2, 0.25) is 5.91 Å².